The Hall–Kier alpha value is -1.59. The van der Waals surface area contributed by atoms with Gasteiger partial charge in [0.05, 0.1) is 11.8 Å². The lowest BCUT2D eigenvalue weighted by Crippen LogP contribution is -2.46. The summed E-state index contributed by atoms with van der Waals surface area (Å²) in [7, 11) is 1.70. The van der Waals surface area contributed by atoms with E-state index in [4.69, 9.17) is 5.11 Å². The molecule has 0 bridgehead atoms. The Kier molecular flexibility index (Phi) is 4.07. The number of carboxylic acid groups (broad SMARTS) is 1. The van der Waals surface area contributed by atoms with Gasteiger partial charge in [0.15, 0.2) is 0 Å². The molecular weight excluding hydrogens is 248 g/mol. The molecule has 0 spiro atoms. The van der Waals surface area contributed by atoms with E-state index in [2.05, 4.69) is 5.32 Å². The van der Waals surface area contributed by atoms with Crippen LogP contribution in [0.2, 0.25) is 0 Å². The Morgan fingerprint density at radius 3 is 2.37 bits per heavy atom. The summed E-state index contributed by atoms with van der Waals surface area (Å²) >= 11 is 0. The predicted molar refractivity (Wildman–Crippen MR) is 67.3 cm³/mol. The van der Waals surface area contributed by atoms with E-state index in [9.17, 15) is 14.4 Å². The number of likely N-dealkylation sites (N-methyl/N-ethyl adjacent to an activating group) is 1. The van der Waals surface area contributed by atoms with Crippen molar-refractivity contribution < 1.29 is 19.5 Å². The third kappa shape index (κ3) is 2.88. The Morgan fingerprint density at radius 2 is 1.84 bits per heavy atom. The lowest BCUT2D eigenvalue weighted by atomic mass is 9.78. The van der Waals surface area contributed by atoms with Crippen LogP contribution in [0.5, 0.6) is 0 Å². The molecule has 1 saturated carbocycles. The fraction of sp³-hybridized carbons (Fsp3) is 0.769. The van der Waals surface area contributed by atoms with Crippen molar-refractivity contribution in [2.75, 3.05) is 13.6 Å². The summed E-state index contributed by atoms with van der Waals surface area (Å²) in [6.07, 6.45) is 3.48. The Balaban J connectivity index is 1.98. The molecule has 2 rings (SSSR count). The highest BCUT2D eigenvalue weighted by Crippen LogP contribution is 2.30. The third-order valence-electron chi connectivity index (χ3n) is 4.16. The summed E-state index contributed by atoms with van der Waals surface area (Å²) < 4.78 is 0. The van der Waals surface area contributed by atoms with Crippen molar-refractivity contribution in [3.05, 3.63) is 0 Å². The van der Waals surface area contributed by atoms with Gasteiger partial charge in [0.25, 0.3) is 0 Å². The number of carboxylic acids is 1. The van der Waals surface area contributed by atoms with Gasteiger partial charge in [-0.25, -0.2) is 0 Å². The lowest BCUT2D eigenvalue weighted by molar-refractivity contribution is -0.149. The van der Waals surface area contributed by atoms with Crippen LogP contribution in [-0.4, -0.2) is 47.4 Å². The van der Waals surface area contributed by atoms with Crippen LogP contribution in [0.25, 0.3) is 0 Å². The number of hydrogen-bond donors (Lipinski definition) is 2. The molecule has 0 aromatic rings. The van der Waals surface area contributed by atoms with Crippen molar-refractivity contribution in [1.82, 2.24) is 10.2 Å². The number of nitrogens with zero attached hydrogens (tertiary/aromatic N) is 1. The highest BCUT2D eigenvalue weighted by Gasteiger charge is 2.38. The van der Waals surface area contributed by atoms with Crippen molar-refractivity contribution in [3.8, 4) is 0 Å². The predicted octanol–water partition coefficient (Wildman–Crippen LogP) is 0.224. The van der Waals surface area contributed by atoms with E-state index in [-0.39, 0.29) is 11.8 Å². The zero-order chi connectivity index (χ0) is 14.0. The zero-order valence-corrected chi connectivity index (χ0v) is 11.1. The topological polar surface area (TPSA) is 86.7 Å². The van der Waals surface area contributed by atoms with Crippen molar-refractivity contribution in [2.45, 2.75) is 38.1 Å². The molecule has 2 fully saturated rings. The molecule has 0 aromatic carbocycles. The van der Waals surface area contributed by atoms with E-state index in [1.165, 1.54) is 0 Å². The smallest absolute Gasteiger partial charge is 0.307 e. The molecule has 1 aliphatic carbocycles. The number of aliphatic carboxylic acids is 1. The molecule has 19 heavy (non-hydrogen) atoms. The first-order chi connectivity index (χ1) is 9.00. The molecule has 6 nitrogen and oxygen atoms in total. The molecule has 1 unspecified atom stereocenters. The summed E-state index contributed by atoms with van der Waals surface area (Å²) in [4.78, 5) is 36.7. The van der Waals surface area contributed by atoms with Gasteiger partial charge in [-0.15, -0.1) is 0 Å². The van der Waals surface area contributed by atoms with Gasteiger partial charge < -0.3 is 15.3 Å². The van der Waals surface area contributed by atoms with Gasteiger partial charge in [-0.2, -0.15) is 0 Å². The maximum atomic E-state index is 12.2. The summed E-state index contributed by atoms with van der Waals surface area (Å²) in [6, 6.07) is -0.478. The first kappa shape index (κ1) is 13.8. The molecule has 1 aliphatic heterocycles. The van der Waals surface area contributed by atoms with Gasteiger partial charge >= 0.3 is 5.97 Å². The summed E-state index contributed by atoms with van der Waals surface area (Å²) in [5, 5.41) is 11.9. The maximum absolute atomic E-state index is 12.2. The SMILES string of the molecule is CN1CCC(NC(=O)[C@@H]2CCCC[C@@H]2C(=O)O)C1=O. The quantitative estimate of drug-likeness (QED) is 0.767. The van der Waals surface area contributed by atoms with E-state index in [0.29, 0.717) is 25.8 Å². The number of amides is 2. The molecule has 2 amide bonds. The minimum Gasteiger partial charge on any atom is -0.481 e. The van der Waals surface area contributed by atoms with Gasteiger partial charge in [0.2, 0.25) is 11.8 Å². The molecule has 1 heterocycles. The fourth-order valence-electron chi connectivity index (χ4n) is 2.98. The number of carbonyl (C=O) groups excluding carboxylic acids is 2. The van der Waals surface area contributed by atoms with Crippen LogP contribution in [0.4, 0.5) is 0 Å². The van der Waals surface area contributed by atoms with Crippen LogP contribution in [0, 0.1) is 11.8 Å². The van der Waals surface area contributed by atoms with Gasteiger partial charge in [-0.3, -0.25) is 14.4 Å². The first-order valence-electron chi connectivity index (χ1n) is 6.79. The summed E-state index contributed by atoms with van der Waals surface area (Å²) in [5.74, 6) is -2.38. The molecule has 0 aromatic heterocycles. The van der Waals surface area contributed by atoms with Crippen molar-refractivity contribution in [2.24, 2.45) is 11.8 Å². The molecule has 2 aliphatic rings. The monoisotopic (exact) mass is 268 g/mol. The first-order valence-corrected chi connectivity index (χ1v) is 6.79. The maximum Gasteiger partial charge on any atom is 0.307 e. The van der Waals surface area contributed by atoms with Crippen LogP contribution >= 0.6 is 0 Å². The number of carbonyl (C=O) groups is 3. The second kappa shape index (κ2) is 5.59. The average molecular weight is 268 g/mol. The van der Waals surface area contributed by atoms with Crippen LogP contribution in [0.15, 0.2) is 0 Å². The number of rotatable bonds is 3. The molecule has 6 heteroatoms. The van der Waals surface area contributed by atoms with Gasteiger partial charge in [0.1, 0.15) is 6.04 Å². The lowest BCUT2D eigenvalue weighted by Gasteiger charge is -2.28. The van der Waals surface area contributed by atoms with Crippen molar-refractivity contribution in [3.63, 3.8) is 0 Å². The van der Waals surface area contributed by atoms with Gasteiger partial charge in [-0.1, -0.05) is 12.8 Å². The molecule has 106 valence electrons. The van der Waals surface area contributed by atoms with Crippen molar-refractivity contribution in [1.29, 1.82) is 0 Å². The van der Waals surface area contributed by atoms with Crippen molar-refractivity contribution >= 4 is 17.8 Å². The highest BCUT2D eigenvalue weighted by atomic mass is 16.4. The molecule has 3 atom stereocenters. The number of nitrogens with one attached hydrogen (secondary N) is 1. The second-order valence-electron chi connectivity index (χ2n) is 5.45. The summed E-state index contributed by atoms with van der Waals surface area (Å²) in [6.45, 7) is 0.636. The van der Waals surface area contributed by atoms with E-state index in [1.54, 1.807) is 11.9 Å². The molecule has 1 saturated heterocycles. The second-order valence-corrected chi connectivity index (χ2v) is 5.45. The highest BCUT2D eigenvalue weighted by molar-refractivity contribution is 5.91. The molecule has 2 N–H and O–H groups in total. The molecule has 0 radical (unpaired) electrons. The van der Waals surface area contributed by atoms with Crippen LogP contribution < -0.4 is 5.32 Å². The number of likely N-dealkylation sites (tertiary alicyclic amines) is 1. The zero-order valence-electron chi connectivity index (χ0n) is 11.1. The van der Waals surface area contributed by atoms with Crippen LogP contribution in [0.3, 0.4) is 0 Å². The minimum atomic E-state index is -0.908. The van der Waals surface area contributed by atoms with E-state index in [0.717, 1.165) is 12.8 Å². The molecular formula is C13H20N2O4. The van der Waals surface area contributed by atoms with E-state index >= 15 is 0 Å². The van der Waals surface area contributed by atoms with Gasteiger partial charge in [-0.05, 0) is 19.3 Å². The van der Waals surface area contributed by atoms with Crippen LogP contribution in [-0.2, 0) is 14.4 Å². The third-order valence-corrected chi connectivity index (χ3v) is 4.16. The normalized spacial score (nSPS) is 31.3. The largest absolute Gasteiger partial charge is 0.481 e. The Morgan fingerprint density at radius 1 is 1.21 bits per heavy atom. The van der Waals surface area contributed by atoms with E-state index in [1.807, 2.05) is 0 Å². The van der Waals surface area contributed by atoms with E-state index < -0.39 is 23.8 Å². The standard InChI is InChI=1S/C13H20N2O4/c1-15-7-6-10(12(15)17)14-11(16)8-4-2-3-5-9(8)13(18)19/h8-10H,2-7H2,1H3,(H,14,16)(H,18,19)/t8-,9+,10?/m1/s1. The van der Waals surface area contributed by atoms with Gasteiger partial charge in [0, 0.05) is 13.6 Å². The average Bonchev–Trinajstić information content (AvgIpc) is 2.70. The Bertz CT molecular complexity index is 396. The fourth-order valence-corrected chi connectivity index (χ4v) is 2.98. The van der Waals surface area contributed by atoms with Crippen LogP contribution in [0.1, 0.15) is 32.1 Å². The minimum absolute atomic E-state index is 0.0870. The Labute approximate surface area is 112 Å². The number of hydrogen-bond acceptors (Lipinski definition) is 3. The summed E-state index contributed by atoms with van der Waals surface area (Å²) in [5.41, 5.74) is 0.